The zero-order valence-electron chi connectivity index (χ0n) is 16.1. The van der Waals surface area contributed by atoms with Crippen molar-refractivity contribution in [3.05, 3.63) is 50.5 Å². The van der Waals surface area contributed by atoms with Gasteiger partial charge in [-0.1, -0.05) is 0 Å². The van der Waals surface area contributed by atoms with Crippen LogP contribution in [0, 0.1) is 16.0 Å². The number of nitro groups is 1. The second kappa shape index (κ2) is 9.27. The highest BCUT2D eigenvalue weighted by atomic mass is 32.2. The summed E-state index contributed by atoms with van der Waals surface area (Å²) in [4.78, 5) is 30.0. The molecular formula is C19H24N4O5S. The van der Waals surface area contributed by atoms with Crippen molar-refractivity contribution >= 4 is 29.8 Å². The number of aliphatic hydroxyl groups is 1. The smallest absolute Gasteiger partial charge is 0.355 e. The van der Waals surface area contributed by atoms with E-state index < -0.39 is 17.0 Å². The van der Waals surface area contributed by atoms with Crippen molar-refractivity contribution in [2.45, 2.75) is 32.1 Å². The summed E-state index contributed by atoms with van der Waals surface area (Å²) < 4.78 is 5.48. The van der Waals surface area contributed by atoms with Gasteiger partial charge in [-0.05, 0) is 24.6 Å². The molecule has 0 aliphatic carbocycles. The first-order chi connectivity index (χ1) is 13.9. The van der Waals surface area contributed by atoms with E-state index >= 15 is 0 Å². The molecule has 1 fully saturated rings. The first-order valence-electron chi connectivity index (χ1n) is 9.33. The van der Waals surface area contributed by atoms with Crippen LogP contribution in [-0.2, 0) is 16.1 Å². The van der Waals surface area contributed by atoms with Crippen LogP contribution < -0.4 is 5.73 Å². The standard InChI is InChI=1S/C19H24N4O5S/c1-12(24)15-9-22-16(15)8-17(29-7-6-21-11-20)18(22)19(25)28-10-13-2-4-14(5-3-13)23(26)27/h2-5,11-12,15-16,24H,6-10H2,1H3,(H2,20,21)/t12-,15-,16-/m1/s1. The fourth-order valence-corrected chi connectivity index (χ4v) is 4.67. The lowest BCUT2D eigenvalue weighted by Gasteiger charge is -2.47. The summed E-state index contributed by atoms with van der Waals surface area (Å²) in [7, 11) is 0. The highest BCUT2D eigenvalue weighted by Crippen LogP contribution is 2.46. The Morgan fingerprint density at radius 1 is 1.52 bits per heavy atom. The molecule has 0 unspecified atom stereocenters. The number of hydrogen-bond acceptors (Lipinski definition) is 8. The summed E-state index contributed by atoms with van der Waals surface area (Å²) >= 11 is 1.56. The molecule has 0 saturated carbocycles. The number of fused-ring (bicyclic) bond motifs is 1. The van der Waals surface area contributed by atoms with Gasteiger partial charge in [0.15, 0.2) is 0 Å². The number of ether oxygens (including phenoxy) is 1. The Labute approximate surface area is 172 Å². The molecular weight excluding hydrogens is 396 g/mol. The fourth-order valence-electron chi connectivity index (χ4n) is 3.60. The molecule has 3 N–H and O–H groups in total. The van der Waals surface area contributed by atoms with Gasteiger partial charge in [-0.3, -0.25) is 15.1 Å². The number of aliphatic imine (C=N–C) groups is 1. The van der Waals surface area contributed by atoms with Gasteiger partial charge >= 0.3 is 5.97 Å². The predicted molar refractivity (Wildman–Crippen MR) is 110 cm³/mol. The molecule has 1 aromatic carbocycles. The summed E-state index contributed by atoms with van der Waals surface area (Å²) in [5.41, 5.74) is 6.48. The van der Waals surface area contributed by atoms with Gasteiger partial charge in [-0.2, -0.15) is 0 Å². The minimum atomic E-state index is -0.472. The molecule has 2 aliphatic rings. The lowest BCUT2D eigenvalue weighted by molar-refractivity contribution is -0.384. The Morgan fingerprint density at radius 3 is 2.86 bits per heavy atom. The van der Waals surface area contributed by atoms with Crippen LogP contribution >= 0.6 is 11.8 Å². The van der Waals surface area contributed by atoms with Crippen LogP contribution in [0.15, 0.2) is 39.9 Å². The second-order valence-corrected chi connectivity index (χ2v) is 8.19. The molecule has 1 aromatic rings. The number of carbonyl (C=O) groups excluding carboxylic acids is 1. The maximum absolute atomic E-state index is 12.8. The Balaban J connectivity index is 1.66. The van der Waals surface area contributed by atoms with Crippen molar-refractivity contribution in [3.8, 4) is 0 Å². The largest absolute Gasteiger partial charge is 0.456 e. The fraction of sp³-hybridized carbons (Fsp3) is 0.474. The van der Waals surface area contributed by atoms with Crippen molar-refractivity contribution in [2.24, 2.45) is 16.6 Å². The van der Waals surface area contributed by atoms with Gasteiger partial charge in [0.05, 0.1) is 23.9 Å². The SMILES string of the molecule is C[C@@H](O)[C@H]1CN2C(C(=O)OCc3ccc([N+](=O)[O-])cc3)=C(SCCN=CN)C[C@H]12. The van der Waals surface area contributed by atoms with Crippen LogP contribution in [0.5, 0.6) is 0 Å². The summed E-state index contributed by atoms with van der Waals surface area (Å²) in [6, 6.07) is 6.03. The van der Waals surface area contributed by atoms with E-state index in [1.165, 1.54) is 18.5 Å². The third-order valence-corrected chi connectivity index (χ3v) is 6.28. The Kier molecular flexibility index (Phi) is 6.75. The molecule has 3 rings (SSSR count). The van der Waals surface area contributed by atoms with Gasteiger partial charge in [0.2, 0.25) is 0 Å². The molecule has 9 nitrogen and oxygen atoms in total. The molecule has 0 bridgehead atoms. The number of thioether (sulfide) groups is 1. The minimum absolute atomic E-state index is 0.00927. The van der Waals surface area contributed by atoms with E-state index in [0.29, 0.717) is 36.5 Å². The van der Waals surface area contributed by atoms with Crippen molar-refractivity contribution in [1.29, 1.82) is 0 Å². The second-order valence-electron chi connectivity index (χ2n) is 7.00. The van der Waals surface area contributed by atoms with Gasteiger partial charge in [-0.25, -0.2) is 4.79 Å². The first kappa shape index (κ1) is 21.1. The van der Waals surface area contributed by atoms with Gasteiger partial charge in [0.25, 0.3) is 5.69 Å². The average Bonchev–Trinajstić information content (AvgIpc) is 2.95. The first-order valence-corrected chi connectivity index (χ1v) is 10.3. The van der Waals surface area contributed by atoms with E-state index in [4.69, 9.17) is 10.5 Å². The number of hydrogen-bond donors (Lipinski definition) is 2. The Hall–Kier alpha value is -2.59. The maximum Gasteiger partial charge on any atom is 0.355 e. The van der Waals surface area contributed by atoms with E-state index in [1.807, 2.05) is 4.90 Å². The number of benzene rings is 1. The molecule has 3 atom stereocenters. The summed E-state index contributed by atoms with van der Waals surface area (Å²) in [5, 5.41) is 20.7. The van der Waals surface area contributed by atoms with Crippen LogP contribution in [0.25, 0.3) is 0 Å². The Bertz CT molecular complexity index is 824. The molecule has 0 aromatic heterocycles. The molecule has 10 heteroatoms. The van der Waals surface area contributed by atoms with Crippen LogP contribution in [0.1, 0.15) is 18.9 Å². The quantitative estimate of drug-likeness (QED) is 0.154. The van der Waals surface area contributed by atoms with Crippen molar-refractivity contribution in [3.63, 3.8) is 0 Å². The molecule has 0 spiro atoms. The van der Waals surface area contributed by atoms with Gasteiger partial charge in [-0.15, -0.1) is 11.8 Å². The molecule has 0 radical (unpaired) electrons. The van der Waals surface area contributed by atoms with Crippen molar-refractivity contribution < 1.29 is 19.6 Å². The number of nitro benzene ring substituents is 1. The number of carbonyl (C=O) groups is 1. The summed E-state index contributed by atoms with van der Waals surface area (Å²) in [6.45, 7) is 2.99. The molecule has 2 aliphatic heterocycles. The zero-order chi connectivity index (χ0) is 21.0. The van der Waals surface area contributed by atoms with Gasteiger partial charge < -0.3 is 20.5 Å². The number of esters is 1. The van der Waals surface area contributed by atoms with Crippen LogP contribution in [-0.4, -0.2) is 58.2 Å². The lowest BCUT2D eigenvalue weighted by Crippen LogP contribution is -2.57. The van der Waals surface area contributed by atoms with E-state index in [2.05, 4.69) is 4.99 Å². The number of non-ortho nitro benzene ring substituents is 1. The van der Waals surface area contributed by atoms with Crippen molar-refractivity contribution in [1.82, 2.24) is 4.90 Å². The van der Waals surface area contributed by atoms with E-state index in [0.717, 1.165) is 4.91 Å². The van der Waals surface area contributed by atoms with Crippen molar-refractivity contribution in [2.75, 3.05) is 18.8 Å². The number of rotatable bonds is 9. The lowest BCUT2D eigenvalue weighted by atomic mass is 9.84. The van der Waals surface area contributed by atoms with E-state index in [-0.39, 0.29) is 24.3 Å². The zero-order valence-corrected chi connectivity index (χ0v) is 16.9. The number of aliphatic hydroxyl groups excluding tert-OH is 1. The highest BCUT2D eigenvalue weighted by Gasteiger charge is 2.49. The average molecular weight is 420 g/mol. The van der Waals surface area contributed by atoms with Gasteiger partial charge in [0, 0.05) is 47.7 Å². The topological polar surface area (TPSA) is 131 Å². The molecule has 2 heterocycles. The highest BCUT2D eigenvalue weighted by molar-refractivity contribution is 8.03. The van der Waals surface area contributed by atoms with E-state index in [9.17, 15) is 20.0 Å². The summed E-state index contributed by atoms with van der Waals surface area (Å²) in [5.74, 6) is 0.412. The molecule has 1 saturated heterocycles. The maximum atomic E-state index is 12.8. The van der Waals surface area contributed by atoms with Crippen LogP contribution in [0.3, 0.4) is 0 Å². The summed E-state index contributed by atoms with van der Waals surface area (Å²) in [6.07, 6.45) is 1.54. The number of nitrogens with two attached hydrogens (primary N) is 1. The molecule has 29 heavy (non-hydrogen) atoms. The Morgan fingerprint density at radius 2 is 2.24 bits per heavy atom. The third kappa shape index (κ3) is 4.70. The minimum Gasteiger partial charge on any atom is -0.456 e. The molecule has 0 amide bonds. The molecule has 156 valence electrons. The number of nitrogens with zero attached hydrogens (tertiary/aromatic N) is 3. The van der Waals surface area contributed by atoms with E-state index in [1.54, 1.807) is 30.8 Å². The van der Waals surface area contributed by atoms with Crippen LogP contribution in [0.2, 0.25) is 0 Å². The third-order valence-electron chi connectivity index (χ3n) is 5.18. The van der Waals surface area contributed by atoms with Gasteiger partial charge in [0.1, 0.15) is 12.3 Å². The predicted octanol–water partition coefficient (Wildman–Crippen LogP) is 1.65. The van der Waals surface area contributed by atoms with Crippen LogP contribution in [0.4, 0.5) is 5.69 Å². The normalized spacial score (nSPS) is 21.8. The monoisotopic (exact) mass is 420 g/mol.